The van der Waals surface area contributed by atoms with Crippen LogP contribution in [0.4, 0.5) is 0 Å². The van der Waals surface area contributed by atoms with E-state index in [1.165, 1.54) is 11.1 Å². The van der Waals surface area contributed by atoms with Crippen LogP contribution in [0.25, 0.3) is 0 Å². The van der Waals surface area contributed by atoms with Crippen LogP contribution in [0.3, 0.4) is 0 Å². The molecule has 0 N–H and O–H groups in total. The SMILES string of the molecule is CCc1ccc(OCc2ccccc2)cc1. The van der Waals surface area contributed by atoms with Crippen molar-refractivity contribution in [1.29, 1.82) is 0 Å². The Morgan fingerprint density at radius 2 is 1.50 bits per heavy atom. The second kappa shape index (κ2) is 5.36. The second-order valence-electron chi connectivity index (χ2n) is 3.77. The van der Waals surface area contributed by atoms with Gasteiger partial charge >= 0.3 is 0 Å². The summed E-state index contributed by atoms with van der Waals surface area (Å²) in [7, 11) is 0. The van der Waals surface area contributed by atoms with Gasteiger partial charge in [0.1, 0.15) is 12.4 Å². The maximum Gasteiger partial charge on any atom is 0.119 e. The summed E-state index contributed by atoms with van der Waals surface area (Å²) < 4.78 is 5.69. The van der Waals surface area contributed by atoms with Gasteiger partial charge in [0, 0.05) is 0 Å². The van der Waals surface area contributed by atoms with Gasteiger partial charge in [-0.2, -0.15) is 0 Å². The molecule has 0 aromatic heterocycles. The lowest BCUT2D eigenvalue weighted by molar-refractivity contribution is 0.306. The molecular formula is C15H16O. The van der Waals surface area contributed by atoms with Gasteiger partial charge in [0.2, 0.25) is 0 Å². The van der Waals surface area contributed by atoms with E-state index in [1.807, 2.05) is 30.3 Å². The highest BCUT2D eigenvalue weighted by atomic mass is 16.5. The molecule has 0 aliphatic rings. The first-order valence-corrected chi connectivity index (χ1v) is 5.64. The van der Waals surface area contributed by atoms with Gasteiger partial charge in [-0.05, 0) is 29.7 Å². The van der Waals surface area contributed by atoms with Gasteiger partial charge in [0.05, 0.1) is 0 Å². The molecule has 0 radical (unpaired) electrons. The molecular weight excluding hydrogens is 196 g/mol. The number of hydrogen-bond acceptors (Lipinski definition) is 1. The molecule has 0 amide bonds. The Bertz CT molecular complexity index is 417. The van der Waals surface area contributed by atoms with Crippen LogP contribution < -0.4 is 4.74 Å². The van der Waals surface area contributed by atoms with Crippen molar-refractivity contribution in [2.24, 2.45) is 0 Å². The number of aryl methyl sites for hydroxylation is 1. The lowest BCUT2D eigenvalue weighted by atomic mass is 10.2. The average molecular weight is 212 g/mol. The monoisotopic (exact) mass is 212 g/mol. The minimum atomic E-state index is 0.631. The molecule has 1 heteroatoms. The first-order valence-electron chi connectivity index (χ1n) is 5.64. The topological polar surface area (TPSA) is 9.23 Å². The minimum Gasteiger partial charge on any atom is -0.489 e. The highest BCUT2D eigenvalue weighted by molar-refractivity contribution is 5.27. The van der Waals surface area contributed by atoms with Gasteiger partial charge in [-0.3, -0.25) is 0 Å². The van der Waals surface area contributed by atoms with E-state index < -0.39 is 0 Å². The molecule has 0 fully saturated rings. The van der Waals surface area contributed by atoms with E-state index >= 15 is 0 Å². The van der Waals surface area contributed by atoms with Crippen molar-refractivity contribution in [1.82, 2.24) is 0 Å². The second-order valence-corrected chi connectivity index (χ2v) is 3.77. The van der Waals surface area contributed by atoms with Crippen molar-refractivity contribution in [3.63, 3.8) is 0 Å². The lowest BCUT2D eigenvalue weighted by Crippen LogP contribution is -1.94. The molecule has 0 heterocycles. The summed E-state index contributed by atoms with van der Waals surface area (Å²) in [5.41, 5.74) is 2.54. The first-order chi connectivity index (χ1) is 7.88. The Hall–Kier alpha value is -1.76. The van der Waals surface area contributed by atoms with E-state index in [0.29, 0.717) is 6.61 Å². The Kier molecular flexibility index (Phi) is 3.60. The first kappa shape index (κ1) is 10.7. The van der Waals surface area contributed by atoms with Crippen LogP contribution >= 0.6 is 0 Å². The van der Waals surface area contributed by atoms with Crippen LogP contribution in [0.15, 0.2) is 54.6 Å². The summed E-state index contributed by atoms with van der Waals surface area (Å²) in [6, 6.07) is 18.5. The van der Waals surface area contributed by atoms with Crippen LogP contribution in [-0.2, 0) is 13.0 Å². The number of benzene rings is 2. The summed E-state index contributed by atoms with van der Waals surface area (Å²) in [5.74, 6) is 0.932. The van der Waals surface area contributed by atoms with Crippen molar-refractivity contribution >= 4 is 0 Å². The minimum absolute atomic E-state index is 0.631. The third-order valence-electron chi connectivity index (χ3n) is 2.58. The van der Waals surface area contributed by atoms with Crippen molar-refractivity contribution in [2.45, 2.75) is 20.0 Å². The van der Waals surface area contributed by atoms with Gasteiger partial charge in [-0.1, -0.05) is 49.4 Å². The van der Waals surface area contributed by atoms with E-state index in [4.69, 9.17) is 4.74 Å². The molecule has 0 aliphatic carbocycles. The molecule has 0 unspecified atom stereocenters. The highest BCUT2D eigenvalue weighted by Crippen LogP contribution is 2.14. The summed E-state index contributed by atoms with van der Waals surface area (Å²) in [5, 5.41) is 0. The molecule has 0 saturated heterocycles. The maximum absolute atomic E-state index is 5.69. The van der Waals surface area contributed by atoms with Crippen LogP contribution in [-0.4, -0.2) is 0 Å². The zero-order valence-electron chi connectivity index (χ0n) is 9.52. The Balaban J connectivity index is 1.94. The quantitative estimate of drug-likeness (QED) is 0.748. The van der Waals surface area contributed by atoms with Crippen LogP contribution in [0, 0.1) is 0 Å². The third-order valence-corrected chi connectivity index (χ3v) is 2.58. The van der Waals surface area contributed by atoms with E-state index in [0.717, 1.165) is 12.2 Å². The van der Waals surface area contributed by atoms with Crippen LogP contribution in [0.1, 0.15) is 18.1 Å². The van der Waals surface area contributed by atoms with Crippen LogP contribution in [0.2, 0.25) is 0 Å². The van der Waals surface area contributed by atoms with Crippen molar-refractivity contribution < 1.29 is 4.74 Å². The third kappa shape index (κ3) is 2.86. The fourth-order valence-corrected chi connectivity index (χ4v) is 1.56. The van der Waals surface area contributed by atoms with Crippen molar-refractivity contribution in [3.05, 3.63) is 65.7 Å². The molecule has 0 saturated carbocycles. The highest BCUT2D eigenvalue weighted by Gasteiger charge is 1.95. The molecule has 2 aromatic rings. The summed E-state index contributed by atoms with van der Waals surface area (Å²) in [6.45, 7) is 2.78. The predicted octanol–water partition coefficient (Wildman–Crippen LogP) is 3.83. The Morgan fingerprint density at radius 3 is 2.12 bits per heavy atom. The standard InChI is InChI=1S/C15H16O/c1-2-13-8-10-15(11-9-13)16-12-14-6-4-3-5-7-14/h3-11H,2,12H2,1H3. The molecule has 0 atom stereocenters. The summed E-state index contributed by atoms with van der Waals surface area (Å²) >= 11 is 0. The van der Waals surface area contributed by atoms with Gasteiger partial charge in [-0.25, -0.2) is 0 Å². The Labute approximate surface area is 96.7 Å². The van der Waals surface area contributed by atoms with Crippen LogP contribution in [0.5, 0.6) is 5.75 Å². The van der Waals surface area contributed by atoms with E-state index in [-0.39, 0.29) is 0 Å². The van der Waals surface area contributed by atoms with Gasteiger partial charge in [0.15, 0.2) is 0 Å². The molecule has 2 aromatic carbocycles. The fourth-order valence-electron chi connectivity index (χ4n) is 1.56. The predicted molar refractivity (Wildman–Crippen MR) is 66.6 cm³/mol. The lowest BCUT2D eigenvalue weighted by Gasteiger charge is -2.06. The maximum atomic E-state index is 5.69. The molecule has 0 bridgehead atoms. The molecule has 0 aliphatic heterocycles. The summed E-state index contributed by atoms with van der Waals surface area (Å²) in [6.07, 6.45) is 1.07. The Morgan fingerprint density at radius 1 is 0.812 bits per heavy atom. The number of rotatable bonds is 4. The molecule has 16 heavy (non-hydrogen) atoms. The van der Waals surface area contributed by atoms with Crippen molar-refractivity contribution in [2.75, 3.05) is 0 Å². The van der Waals surface area contributed by atoms with E-state index in [1.54, 1.807) is 0 Å². The number of ether oxygens (including phenoxy) is 1. The average Bonchev–Trinajstić information content (AvgIpc) is 2.38. The molecule has 1 nitrogen and oxygen atoms in total. The van der Waals surface area contributed by atoms with E-state index in [2.05, 4.69) is 31.2 Å². The largest absolute Gasteiger partial charge is 0.489 e. The van der Waals surface area contributed by atoms with Gasteiger partial charge < -0.3 is 4.74 Å². The molecule has 0 spiro atoms. The fraction of sp³-hybridized carbons (Fsp3) is 0.200. The zero-order valence-corrected chi connectivity index (χ0v) is 9.52. The smallest absolute Gasteiger partial charge is 0.119 e. The molecule has 82 valence electrons. The molecule has 2 rings (SSSR count). The van der Waals surface area contributed by atoms with Gasteiger partial charge in [-0.15, -0.1) is 0 Å². The normalized spacial score (nSPS) is 10.1. The van der Waals surface area contributed by atoms with E-state index in [9.17, 15) is 0 Å². The number of hydrogen-bond donors (Lipinski definition) is 0. The zero-order chi connectivity index (χ0) is 11.2. The van der Waals surface area contributed by atoms with Gasteiger partial charge in [0.25, 0.3) is 0 Å². The summed E-state index contributed by atoms with van der Waals surface area (Å²) in [4.78, 5) is 0. The van der Waals surface area contributed by atoms with Crippen molar-refractivity contribution in [3.8, 4) is 5.75 Å².